The van der Waals surface area contributed by atoms with Gasteiger partial charge in [-0.15, -0.1) is 0 Å². The third kappa shape index (κ3) is 7.27. The molecule has 0 aromatic heterocycles. The van der Waals surface area contributed by atoms with Gasteiger partial charge in [-0.1, -0.05) is 54.6 Å². The lowest BCUT2D eigenvalue weighted by atomic mass is 9.67. The van der Waals surface area contributed by atoms with Crippen LogP contribution in [0.2, 0.25) is 0 Å². The van der Waals surface area contributed by atoms with Crippen molar-refractivity contribution in [1.29, 1.82) is 0 Å². The minimum Gasteiger partial charge on any atom is -0.494 e. The summed E-state index contributed by atoms with van der Waals surface area (Å²) in [6, 6.07) is 21.1. The number of hydrogen-bond acceptors (Lipinski definition) is 10. The molecule has 2 fully saturated rings. The second kappa shape index (κ2) is 14.6. The van der Waals surface area contributed by atoms with Crippen molar-refractivity contribution < 1.29 is 47.7 Å². The van der Waals surface area contributed by atoms with E-state index in [0.29, 0.717) is 35.5 Å². The number of fused-ring (bicyclic) bond motifs is 3. The van der Waals surface area contributed by atoms with Crippen LogP contribution in [0.3, 0.4) is 0 Å². The van der Waals surface area contributed by atoms with Crippen molar-refractivity contribution in [2.45, 2.75) is 50.4 Å². The molecular formula is C38H34O10. The number of benzene rings is 3. The number of rotatable bonds is 13. The monoisotopic (exact) mass is 650 g/mol. The van der Waals surface area contributed by atoms with Crippen LogP contribution in [0.5, 0.6) is 5.75 Å². The molecule has 3 aliphatic rings. The summed E-state index contributed by atoms with van der Waals surface area (Å²) in [7, 11) is 0. The number of carbonyl (C=O) groups is 6. The van der Waals surface area contributed by atoms with Crippen LogP contribution in [0.25, 0.3) is 6.08 Å². The molecule has 2 aliphatic heterocycles. The van der Waals surface area contributed by atoms with Gasteiger partial charge >= 0.3 is 29.8 Å². The average Bonchev–Trinajstić information content (AvgIpc) is 3.59. The van der Waals surface area contributed by atoms with E-state index in [1.54, 1.807) is 60.7 Å². The van der Waals surface area contributed by atoms with Crippen LogP contribution in [0, 0.1) is 11.8 Å². The minimum atomic E-state index is -0.770. The van der Waals surface area contributed by atoms with Crippen LogP contribution in [-0.2, 0) is 33.4 Å². The molecule has 1 aliphatic carbocycles. The first-order valence-corrected chi connectivity index (χ1v) is 16.1. The predicted molar refractivity (Wildman–Crippen MR) is 171 cm³/mol. The van der Waals surface area contributed by atoms with Crippen molar-refractivity contribution in [3.05, 3.63) is 107 Å². The van der Waals surface area contributed by atoms with Crippen LogP contribution >= 0.6 is 0 Å². The quantitative estimate of drug-likeness (QED) is 0.0562. The summed E-state index contributed by atoms with van der Waals surface area (Å²) in [5.41, 5.74) is 3.15. The molecule has 246 valence electrons. The number of allylic oxidation sites excluding steroid dienone is 1. The zero-order valence-corrected chi connectivity index (χ0v) is 26.1. The molecule has 0 spiro atoms. The van der Waals surface area contributed by atoms with Gasteiger partial charge in [0.15, 0.2) is 5.78 Å². The standard InChI is InChI=1S/C38H34O10/c39-32(24-8-4-3-5-9-24)17-12-23-10-13-25(14-11-23)35(41)46-19-7-2-1-6-18-45-26-15-16-27-28(30-22-33(40)47-36(30)42)21-31-34(29(27)20-26)38(44)48-37(31)43/h3-5,8-17,20,28,30-31,34H,1-2,6-7,18-19,21-22H2. The Balaban J connectivity index is 0.928. The molecule has 0 N–H and O–H groups in total. The fourth-order valence-corrected chi connectivity index (χ4v) is 6.54. The molecule has 3 aromatic carbocycles. The Morgan fingerprint density at radius 1 is 0.708 bits per heavy atom. The maximum Gasteiger partial charge on any atom is 0.338 e. The highest BCUT2D eigenvalue weighted by molar-refractivity contribution is 6.06. The van der Waals surface area contributed by atoms with Gasteiger partial charge in [0.05, 0.1) is 43.0 Å². The van der Waals surface area contributed by atoms with Crippen molar-refractivity contribution >= 4 is 41.7 Å². The Morgan fingerprint density at radius 3 is 2.17 bits per heavy atom. The maximum atomic E-state index is 12.6. The predicted octanol–water partition coefficient (Wildman–Crippen LogP) is 5.74. The Hall–Kier alpha value is -5.38. The van der Waals surface area contributed by atoms with E-state index < -0.39 is 53.5 Å². The minimum absolute atomic E-state index is 0.0638. The second-order valence-electron chi connectivity index (χ2n) is 12.1. The molecule has 4 atom stereocenters. The van der Waals surface area contributed by atoms with Gasteiger partial charge in [0.25, 0.3) is 0 Å². The van der Waals surface area contributed by atoms with Gasteiger partial charge in [0, 0.05) is 5.56 Å². The summed E-state index contributed by atoms with van der Waals surface area (Å²) in [4.78, 5) is 73.8. The van der Waals surface area contributed by atoms with Crippen LogP contribution in [-0.4, -0.2) is 48.8 Å². The highest BCUT2D eigenvalue weighted by Crippen LogP contribution is 2.51. The summed E-state index contributed by atoms with van der Waals surface area (Å²) in [5, 5.41) is 0. The normalized spacial score (nSPS) is 21.4. The molecule has 2 saturated heterocycles. The van der Waals surface area contributed by atoms with E-state index in [-0.39, 0.29) is 25.2 Å². The zero-order chi connectivity index (χ0) is 33.6. The first-order valence-electron chi connectivity index (χ1n) is 16.1. The molecule has 0 saturated carbocycles. The fraction of sp³-hybridized carbons (Fsp3) is 0.316. The number of cyclic esters (lactones) is 4. The molecule has 10 nitrogen and oxygen atoms in total. The summed E-state index contributed by atoms with van der Waals surface area (Å²) < 4.78 is 21.1. The van der Waals surface area contributed by atoms with Gasteiger partial charge in [-0.25, -0.2) is 4.79 Å². The van der Waals surface area contributed by atoms with Gasteiger partial charge < -0.3 is 18.9 Å². The molecule has 4 unspecified atom stereocenters. The number of carbonyl (C=O) groups excluding carboxylic acids is 6. The van der Waals surface area contributed by atoms with Crippen LogP contribution in [0.1, 0.15) is 87.8 Å². The van der Waals surface area contributed by atoms with E-state index in [9.17, 15) is 28.8 Å². The van der Waals surface area contributed by atoms with Crippen molar-refractivity contribution in [2.24, 2.45) is 11.8 Å². The van der Waals surface area contributed by atoms with Gasteiger partial charge in [0.2, 0.25) is 0 Å². The smallest absolute Gasteiger partial charge is 0.338 e. The Bertz CT molecular complexity index is 1760. The first kappa shape index (κ1) is 32.6. The number of ketones is 1. The van der Waals surface area contributed by atoms with Crippen molar-refractivity contribution in [1.82, 2.24) is 0 Å². The first-order chi connectivity index (χ1) is 23.3. The van der Waals surface area contributed by atoms with Crippen molar-refractivity contribution in [2.75, 3.05) is 13.2 Å². The molecular weight excluding hydrogens is 616 g/mol. The van der Waals surface area contributed by atoms with Gasteiger partial charge in [-0.3, -0.25) is 24.0 Å². The SMILES string of the molecule is O=C1CC(C2CC3C(=O)OC(=O)C3c3cc(OCCCCCCOC(=O)c4ccc(C=CC(=O)c5ccccc5)cc4)ccc32)C(=O)O1. The van der Waals surface area contributed by atoms with Crippen molar-refractivity contribution in [3.63, 3.8) is 0 Å². The maximum absolute atomic E-state index is 12.6. The van der Waals surface area contributed by atoms with Gasteiger partial charge in [0.1, 0.15) is 5.75 Å². The topological polar surface area (TPSA) is 139 Å². The van der Waals surface area contributed by atoms with E-state index in [4.69, 9.17) is 18.9 Å². The average molecular weight is 651 g/mol. The van der Waals surface area contributed by atoms with Gasteiger partial charge in [-0.2, -0.15) is 0 Å². The lowest BCUT2D eigenvalue weighted by Crippen LogP contribution is -2.31. The summed E-state index contributed by atoms with van der Waals surface area (Å²) >= 11 is 0. The van der Waals surface area contributed by atoms with E-state index in [2.05, 4.69) is 0 Å². The van der Waals surface area contributed by atoms with E-state index in [1.807, 2.05) is 18.2 Å². The van der Waals surface area contributed by atoms with Crippen molar-refractivity contribution in [3.8, 4) is 5.75 Å². The highest BCUT2D eigenvalue weighted by atomic mass is 16.6. The molecule has 10 heteroatoms. The Kier molecular flexibility index (Phi) is 9.89. The molecule has 2 heterocycles. The Morgan fingerprint density at radius 2 is 1.44 bits per heavy atom. The number of unbranched alkanes of at least 4 members (excludes halogenated alkanes) is 3. The number of esters is 5. The third-order valence-electron chi connectivity index (χ3n) is 9.02. The van der Waals surface area contributed by atoms with E-state index >= 15 is 0 Å². The van der Waals surface area contributed by atoms with Crippen LogP contribution in [0.4, 0.5) is 0 Å². The van der Waals surface area contributed by atoms with E-state index in [0.717, 1.165) is 30.4 Å². The molecule has 0 amide bonds. The third-order valence-corrected chi connectivity index (χ3v) is 9.02. The molecule has 0 radical (unpaired) electrons. The summed E-state index contributed by atoms with van der Waals surface area (Å²) in [6.45, 7) is 0.705. The number of ether oxygens (including phenoxy) is 4. The summed E-state index contributed by atoms with van der Waals surface area (Å²) in [5.74, 6) is -5.05. The van der Waals surface area contributed by atoms with Gasteiger partial charge in [-0.05, 0) is 85.1 Å². The lowest BCUT2D eigenvalue weighted by Gasteiger charge is -2.33. The molecule has 0 bridgehead atoms. The van der Waals surface area contributed by atoms with Crippen LogP contribution < -0.4 is 4.74 Å². The largest absolute Gasteiger partial charge is 0.494 e. The zero-order valence-electron chi connectivity index (χ0n) is 26.1. The fourth-order valence-electron chi connectivity index (χ4n) is 6.54. The molecule has 3 aromatic rings. The molecule has 48 heavy (non-hydrogen) atoms. The highest BCUT2D eigenvalue weighted by Gasteiger charge is 2.53. The molecule has 6 rings (SSSR count). The lowest BCUT2D eigenvalue weighted by molar-refractivity contribution is -0.155. The summed E-state index contributed by atoms with van der Waals surface area (Å²) in [6.07, 6.45) is 6.49. The van der Waals surface area contributed by atoms with Crippen LogP contribution in [0.15, 0.2) is 78.9 Å². The Labute approximate surface area is 277 Å². The second-order valence-corrected chi connectivity index (χ2v) is 12.1. The number of hydrogen-bond donors (Lipinski definition) is 0. The van der Waals surface area contributed by atoms with E-state index in [1.165, 1.54) is 6.08 Å².